The third-order valence-electron chi connectivity index (χ3n) is 4.19. The Morgan fingerprint density at radius 2 is 2.00 bits per heavy atom. The van der Waals surface area contributed by atoms with Gasteiger partial charge in [-0.3, -0.25) is 4.79 Å². The van der Waals surface area contributed by atoms with Gasteiger partial charge in [0.1, 0.15) is 0 Å². The Hall–Kier alpha value is -0.770. The van der Waals surface area contributed by atoms with Gasteiger partial charge in [-0.1, -0.05) is 64.6 Å². The van der Waals surface area contributed by atoms with Gasteiger partial charge in [0.25, 0.3) is 5.56 Å². The topological polar surface area (TPSA) is 45.8 Å². The van der Waals surface area contributed by atoms with E-state index in [0.29, 0.717) is 5.92 Å². The molecule has 1 heterocycles. The largest absolute Gasteiger partial charge is 0.301 e. The molecule has 1 aromatic heterocycles. The maximum absolute atomic E-state index is 12.3. The first-order chi connectivity index (χ1) is 10.1. The first-order valence-electron chi connectivity index (χ1n) is 8.35. The van der Waals surface area contributed by atoms with Gasteiger partial charge < -0.3 is 4.98 Å². The zero-order chi connectivity index (χ0) is 15.2. The molecule has 2 rings (SSSR count). The lowest BCUT2D eigenvalue weighted by atomic mass is 9.85. The van der Waals surface area contributed by atoms with Crippen LogP contribution in [0, 0.1) is 11.8 Å². The summed E-state index contributed by atoms with van der Waals surface area (Å²) in [5.74, 6) is 2.33. The Balaban J connectivity index is 2.17. The quantitative estimate of drug-likeness (QED) is 0.632. The lowest BCUT2D eigenvalue weighted by Gasteiger charge is -2.22. The minimum Gasteiger partial charge on any atom is -0.301 e. The molecule has 1 saturated carbocycles. The summed E-state index contributed by atoms with van der Waals surface area (Å²) >= 11 is 1.67. The third-order valence-corrected chi connectivity index (χ3v) is 5.49. The Bertz CT molecular complexity index is 504. The van der Waals surface area contributed by atoms with Crippen molar-refractivity contribution >= 4 is 11.8 Å². The molecule has 3 nitrogen and oxygen atoms in total. The van der Waals surface area contributed by atoms with E-state index < -0.39 is 0 Å². The lowest BCUT2D eigenvalue weighted by Crippen LogP contribution is -2.21. The minimum atomic E-state index is 0.0737. The van der Waals surface area contributed by atoms with Crippen LogP contribution in [0.25, 0.3) is 0 Å². The molecule has 0 aliphatic heterocycles. The monoisotopic (exact) mass is 308 g/mol. The first-order valence-corrected chi connectivity index (χ1v) is 9.33. The Morgan fingerprint density at radius 3 is 2.62 bits per heavy atom. The molecule has 21 heavy (non-hydrogen) atoms. The van der Waals surface area contributed by atoms with Crippen LogP contribution >= 0.6 is 11.8 Å². The summed E-state index contributed by atoms with van der Waals surface area (Å²) in [5.41, 5.74) is 2.03. The average Bonchev–Trinajstić information content (AvgIpc) is 2.46. The molecule has 0 saturated heterocycles. The molecule has 1 aliphatic carbocycles. The zero-order valence-electron chi connectivity index (χ0n) is 13.6. The highest BCUT2D eigenvalue weighted by Gasteiger charge is 2.18. The molecule has 1 aromatic rings. The second-order valence-corrected chi connectivity index (χ2v) is 7.57. The predicted molar refractivity (Wildman–Crippen MR) is 90.1 cm³/mol. The van der Waals surface area contributed by atoms with Crippen molar-refractivity contribution in [3.05, 3.63) is 21.6 Å². The van der Waals surface area contributed by atoms with Gasteiger partial charge in [-0.05, 0) is 24.7 Å². The molecule has 1 fully saturated rings. The Kier molecular flexibility index (Phi) is 6.34. The number of hydrogen-bond donors (Lipinski definition) is 1. The maximum atomic E-state index is 12.3. The highest BCUT2D eigenvalue weighted by molar-refractivity contribution is 7.99. The minimum absolute atomic E-state index is 0.0737. The number of nitrogens with one attached hydrogen (secondary N) is 1. The fourth-order valence-corrected chi connectivity index (χ4v) is 3.86. The number of aromatic nitrogens is 2. The third kappa shape index (κ3) is 4.87. The second-order valence-electron chi connectivity index (χ2n) is 6.56. The summed E-state index contributed by atoms with van der Waals surface area (Å²) in [4.78, 5) is 20.0. The molecular formula is C17H28N2OS. The van der Waals surface area contributed by atoms with Crippen molar-refractivity contribution in [2.75, 3.05) is 5.75 Å². The summed E-state index contributed by atoms with van der Waals surface area (Å²) in [6, 6.07) is 0. The predicted octanol–water partition coefficient (Wildman–Crippen LogP) is 4.20. The highest BCUT2D eigenvalue weighted by Crippen LogP contribution is 2.27. The van der Waals surface area contributed by atoms with Crippen molar-refractivity contribution < 1.29 is 0 Å². The van der Waals surface area contributed by atoms with Gasteiger partial charge in [0.15, 0.2) is 5.16 Å². The zero-order valence-corrected chi connectivity index (χ0v) is 14.4. The van der Waals surface area contributed by atoms with Crippen molar-refractivity contribution in [3.8, 4) is 0 Å². The summed E-state index contributed by atoms with van der Waals surface area (Å²) in [6.07, 6.45) is 8.41. The van der Waals surface area contributed by atoms with Crippen LogP contribution in [0.2, 0.25) is 0 Å². The van der Waals surface area contributed by atoms with Crippen LogP contribution < -0.4 is 5.56 Å². The first kappa shape index (κ1) is 16.6. The van der Waals surface area contributed by atoms with Crippen LogP contribution in [0.1, 0.15) is 64.1 Å². The van der Waals surface area contributed by atoms with E-state index in [1.165, 1.54) is 32.1 Å². The fraction of sp³-hybridized carbons (Fsp3) is 0.765. The number of nitrogens with zero attached hydrogens (tertiary/aromatic N) is 1. The van der Waals surface area contributed by atoms with Crippen LogP contribution in [0.4, 0.5) is 0 Å². The highest BCUT2D eigenvalue weighted by atomic mass is 32.2. The number of hydrogen-bond acceptors (Lipinski definition) is 3. The van der Waals surface area contributed by atoms with Crippen LogP contribution in [-0.2, 0) is 12.8 Å². The molecular weight excluding hydrogens is 280 g/mol. The number of H-pyrrole nitrogens is 1. The van der Waals surface area contributed by atoms with Gasteiger partial charge in [0.2, 0.25) is 0 Å². The summed E-state index contributed by atoms with van der Waals surface area (Å²) in [5, 5.41) is 0.803. The number of rotatable bonds is 6. The van der Waals surface area contributed by atoms with E-state index >= 15 is 0 Å². The maximum Gasteiger partial charge on any atom is 0.254 e. The van der Waals surface area contributed by atoms with Crippen LogP contribution in [0.5, 0.6) is 0 Å². The van der Waals surface area contributed by atoms with Crippen molar-refractivity contribution in [2.24, 2.45) is 11.8 Å². The van der Waals surface area contributed by atoms with E-state index in [2.05, 4.69) is 25.8 Å². The standard InChI is InChI=1S/C17H28N2OS/c1-4-14-15(10-13-8-6-5-7-9-13)18-17(19-16(14)20)21-11-12(2)3/h12-13H,4-11H2,1-3H3,(H,18,19,20). The molecule has 1 aliphatic rings. The van der Waals surface area contributed by atoms with Gasteiger partial charge in [-0.2, -0.15) is 0 Å². The van der Waals surface area contributed by atoms with E-state index in [1.54, 1.807) is 11.8 Å². The lowest BCUT2D eigenvalue weighted by molar-refractivity contribution is 0.352. The fourth-order valence-electron chi connectivity index (χ4n) is 3.03. The molecule has 0 spiro atoms. The molecule has 118 valence electrons. The summed E-state index contributed by atoms with van der Waals surface area (Å²) < 4.78 is 0. The molecule has 0 radical (unpaired) electrons. The Morgan fingerprint density at radius 1 is 1.29 bits per heavy atom. The molecule has 0 amide bonds. The van der Waals surface area contributed by atoms with Gasteiger partial charge >= 0.3 is 0 Å². The van der Waals surface area contributed by atoms with E-state index in [0.717, 1.165) is 40.9 Å². The molecule has 0 bridgehead atoms. The molecule has 0 atom stereocenters. The van der Waals surface area contributed by atoms with E-state index in [4.69, 9.17) is 4.98 Å². The van der Waals surface area contributed by atoms with Crippen molar-refractivity contribution in [2.45, 2.75) is 70.9 Å². The van der Waals surface area contributed by atoms with Crippen molar-refractivity contribution in [1.82, 2.24) is 9.97 Å². The SMILES string of the molecule is CCc1c(CC2CCCCC2)nc(SCC(C)C)[nH]c1=O. The van der Waals surface area contributed by atoms with Gasteiger partial charge in [-0.15, -0.1) is 0 Å². The summed E-state index contributed by atoms with van der Waals surface area (Å²) in [6.45, 7) is 6.43. The molecule has 1 N–H and O–H groups in total. The van der Waals surface area contributed by atoms with Crippen LogP contribution in [-0.4, -0.2) is 15.7 Å². The second kappa shape index (κ2) is 8.02. The van der Waals surface area contributed by atoms with Crippen molar-refractivity contribution in [1.29, 1.82) is 0 Å². The van der Waals surface area contributed by atoms with Gasteiger partial charge in [0.05, 0.1) is 5.69 Å². The van der Waals surface area contributed by atoms with E-state index in [1.807, 2.05) is 0 Å². The van der Waals surface area contributed by atoms with Crippen molar-refractivity contribution in [3.63, 3.8) is 0 Å². The van der Waals surface area contributed by atoms with E-state index in [-0.39, 0.29) is 5.56 Å². The summed E-state index contributed by atoms with van der Waals surface area (Å²) in [7, 11) is 0. The van der Waals surface area contributed by atoms with Gasteiger partial charge in [-0.25, -0.2) is 4.98 Å². The molecule has 0 aromatic carbocycles. The number of aromatic amines is 1. The smallest absolute Gasteiger partial charge is 0.254 e. The molecule has 0 unspecified atom stereocenters. The van der Waals surface area contributed by atoms with Crippen LogP contribution in [0.3, 0.4) is 0 Å². The average molecular weight is 308 g/mol. The van der Waals surface area contributed by atoms with Gasteiger partial charge in [0, 0.05) is 11.3 Å². The normalized spacial score (nSPS) is 16.6. The Labute approximate surface area is 132 Å². The van der Waals surface area contributed by atoms with Crippen LogP contribution in [0.15, 0.2) is 9.95 Å². The van der Waals surface area contributed by atoms with E-state index in [9.17, 15) is 4.79 Å². The number of thioether (sulfide) groups is 1. The molecule has 4 heteroatoms.